The number of nitrogens with zero attached hydrogens (tertiary/aromatic N) is 1. The Kier molecular flexibility index (Phi) is 7.72. The van der Waals surface area contributed by atoms with Crippen LogP contribution in [0.1, 0.15) is 12.8 Å². The van der Waals surface area contributed by atoms with Gasteiger partial charge in [-0.25, -0.2) is 0 Å². The summed E-state index contributed by atoms with van der Waals surface area (Å²) >= 11 is 0. The van der Waals surface area contributed by atoms with E-state index in [1.165, 1.54) is 14.2 Å². The predicted molar refractivity (Wildman–Crippen MR) is 69.8 cm³/mol. The van der Waals surface area contributed by atoms with Gasteiger partial charge in [-0.3, -0.25) is 4.79 Å². The first kappa shape index (κ1) is 17.6. The molecular weight excluding hydrogens is 282 g/mol. The molecule has 0 aromatic carbocycles. The van der Waals surface area contributed by atoms with Crippen LogP contribution in [0.25, 0.3) is 0 Å². The minimum Gasteiger partial charge on any atom is -0.469 e. The molecule has 1 heterocycles. The van der Waals surface area contributed by atoms with Gasteiger partial charge in [-0.1, -0.05) is 0 Å². The van der Waals surface area contributed by atoms with Gasteiger partial charge < -0.3 is 10.1 Å². The summed E-state index contributed by atoms with van der Waals surface area (Å²) in [5.74, 6) is -0.422. The van der Waals surface area contributed by atoms with Gasteiger partial charge >= 0.3 is 5.97 Å². The van der Waals surface area contributed by atoms with E-state index in [1.807, 2.05) is 0 Å². The van der Waals surface area contributed by atoms with Crippen LogP contribution in [-0.4, -0.2) is 58.5 Å². The van der Waals surface area contributed by atoms with Crippen LogP contribution in [0.4, 0.5) is 0 Å². The van der Waals surface area contributed by atoms with Crippen molar-refractivity contribution in [1.29, 1.82) is 0 Å². The summed E-state index contributed by atoms with van der Waals surface area (Å²) in [6.45, 7) is 1.57. The fourth-order valence-electron chi connectivity index (χ4n) is 1.53. The number of esters is 1. The number of hydrogen-bond acceptors (Lipinski definition) is 5. The number of rotatable bonds is 6. The van der Waals surface area contributed by atoms with E-state index in [0.717, 1.165) is 17.3 Å². The SMILES string of the molecule is COC(=O)CCN(C)S(=O)(=O)NC1CCNC1.Cl. The number of nitrogens with one attached hydrogen (secondary N) is 2. The van der Waals surface area contributed by atoms with Crippen molar-refractivity contribution < 1.29 is 17.9 Å². The summed E-state index contributed by atoms with van der Waals surface area (Å²) in [7, 11) is -0.797. The topological polar surface area (TPSA) is 87.7 Å². The molecule has 1 aliphatic heterocycles. The first-order valence-corrected chi connectivity index (χ1v) is 6.91. The summed E-state index contributed by atoms with van der Waals surface area (Å²) in [6, 6.07) is -0.0689. The van der Waals surface area contributed by atoms with Crippen LogP contribution in [0.5, 0.6) is 0 Å². The van der Waals surface area contributed by atoms with Gasteiger partial charge in [0.25, 0.3) is 10.2 Å². The zero-order chi connectivity index (χ0) is 12.9. The van der Waals surface area contributed by atoms with Crippen molar-refractivity contribution in [3.8, 4) is 0 Å². The number of ether oxygens (including phenoxy) is 1. The lowest BCUT2D eigenvalue weighted by molar-refractivity contribution is -0.140. The minimum absolute atomic E-state index is 0. The lowest BCUT2D eigenvalue weighted by Gasteiger charge is -2.19. The maximum Gasteiger partial charge on any atom is 0.306 e. The van der Waals surface area contributed by atoms with Gasteiger partial charge in [0.15, 0.2) is 0 Å². The Hall–Kier alpha value is -0.410. The Labute approximate surface area is 114 Å². The smallest absolute Gasteiger partial charge is 0.306 e. The summed E-state index contributed by atoms with van der Waals surface area (Å²) in [5, 5.41) is 3.07. The fourth-order valence-corrected chi connectivity index (χ4v) is 2.66. The number of halogens is 1. The molecule has 0 bridgehead atoms. The molecule has 1 saturated heterocycles. The molecule has 0 aromatic rings. The second-order valence-electron chi connectivity index (χ2n) is 3.96. The van der Waals surface area contributed by atoms with Gasteiger partial charge in [-0.15, -0.1) is 12.4 Å². The maximum atomic E-state index is 11.8. The maximum absolute atomic E-state index is 11.8. The Morgan fingerprint density at radius 1 is 1.56 bits per heavy atom. The molecule has 1 fully saturated rings. The third kappa shape index (κ3) is 5.49. The van der Waals surface area contributed by atoms with E-state index < -0.39 is 16.2 Å². The highest BCUT2D eigenvalue weighted by molar-refractivity contribution is 7.87. The molecule has 0 amide bonds. The number of carbonyl (C=O) groups is 1. The Morgan fingerprint density at radius 2 is 2.22 bits per heavy atom. The van der Waals surface area contributed by atoms with E-state index in [0.29, 0.717) is 6.54 Å². The Morgan fingerprint density at radius 3 is 2.72 bits per heavy atom. The monoisotopic (exact) mass is 301 g/mol. The quantitative estimate of drug-likeness (QED) is 0.621. The Balaban J connectivity index is 0.00000289. The van der Waals surface area contributed by atoms with E-state index in [-0.39, 0.29) is 31.4 Å². The largest absolute Gasteiger partial charge is 0.469 e. The van der Waals surface area contributed by atoms with E-state index in [2.05, 4.69) is 14.8 Å². The average Bonchev–Trinajstić information content (AvgIpc) is 2.77. The molecule has 1 atom stereocenters. The van der Waals surface area contributed by atoms with E-state index in [4.69, 9.17) is 0 Å². The molecule has 2 N–H and O–H groups in total. The van der Waals surface area contributed by atoms with Crippen molar-refractivity contribution >= 4 is 28.6 Å². The van der Waals surface area contributed by atoms with Gasteiger partial charge in [0.05, 0.1) is 13.5 Å². The highest BCUT2D eigenvalue weighted by Gasteiger charge is 2.24. The van der Waals surface area contributed by atoms with Crippen LogP contribution in [0.2, 0.25) is 0 Å². The first-order valence-electron chi connectivity index (χ1n) is 5.47. The molecule has 1 unspecified atom stereocenters. The van der Waals surface area contributed by atoms with Crippen LogP contribution in [0.15, 0.2) is 0 Å². The van der Waals surface area contributed by atoms with Crippen molar-refractivity contribution in [3.63, 3.8) is 0 Å². The summed E-state index contributed by atoms with van der Waals surface area (Å²) < 4.78 is 31.8. The second kappa shape index (κ2) is 7.90. The van der Waals surface area contributed by atoms with Crippen LogP contribution < -0.4 is 10.0 Å². The van der Waals surface area contributed by atoms with Gasteiger partial charge in [0, 0.05) is 26.2 Å². The van der Waals surface area contributed by atoms with Crippen LogP contribution in [-0.2, 0) is 19.7 Å². The minimum atomic E-state index is -3.51. The normalized spacial score (nSPS) is 19.6. The van der Waals surface area contributed by atoms with E-state index >= 15 is 0 Å². The van der Waals surface area contributed by atoms with Crippen molar-refractivity contribution in [1.82, 2.24) is 14.3 Å². The number of hydrogen-bond donors (Lipinski definition) is 2. The predicted octanol–water partition coefficient (Wildman–Crippen LogP) is -0.901. The Bertz CT molecular complexity index is 357. The number of carbonyl (C=O) groups excluding carboxylic acids is 1. The molecule has 18 heavy (non-hydrogen) atoms. The lowest BCUT2D eigenvalue weighted by Crippen LogP contribution is -2.45. The van der Waals surface area contributed by atoms with Gasteiger partial charge in [-0.05, 0) is 13.0 Å². The zero-order valence-electron chi connectivity index (χ0n) is 10.5. The summed E-state index contributed by atoms with van der Waals surface area (Å²) in [6.07, 6.45) is 0.834. The molecule has 0 spiro atoms. The highest BCUT2D eigenvalue weighted by atomic mass is 35.5. The second-order valence-corrected chi connectivity index (χ2v) is 5.77. The summed E-state index contributed by atoms with van der Waals surface area (Å²) in [5.41, 5.74) is 0. The summed E-state index contributed by atoms with van der Waals surface area (Å²) in [4.78, 5) is 10.9. The van der Waals surface area contributed by atoms with Gasteiger partial charge in [0.1, 0.15) is 0 Å². The van der Waals surface area contributed by atoms with Crippen LogP contribution in [0.3, 0.4) is 0 Å². The van der Waals surface area contributed by atoms with Crippen LogP contribution in [0, 0.1) is 0 Å². The third-order valence-corrected chi connectivity index (χ3v) is 4.28. The molecule has 0 saturated carbocycles. The molecule has 1 aliphatic rings. The molecule has 1 rings (SSSR count). The van der Waals surface area contributed by atoms with E-state index in [9.17, 15) is 13.2 Å². The van der Waals surface area contributed by atoms with Gasteiger partial charge in [0.2, 0.25) is 0 Å². The average molecular weight is 302 g/mol. The van der Waals surface area contributed by atoms with Crippen molar-refractivity contribution in [2.75, 3.05) is 33.8 Å². The van der Waals surface area contributed by atoms with Gasteiger partial charge in [-0.2, -0.15) is 17.4 Å². The molecule has 0 aromatic heterocycles. The standard InChI is InChI=1S/C9H19N3O4S.ClH/c1-12(6-4-9(13)16-2)17(14,15)11-8-3-5-10-7-8;/h8,10-11H,3-7H2,1-2H3;1H. The third-order valence-electron chi connectivity index (χ3n) is 2.64. The molecule has 7 nitrogen and oxygen atoms in total. The molecule has 0 radical (unpaired) electrons. The van der Waals surface area contributed by atoms with Crippen molar-refractivity contribution in [3.05, 3.63) is 0 Å². The molecule has 9 heteroatoms. The van der Waals surface area contributed by atoms with E-state index in [1.54, 1.807) is 0 Å². The molecular formula is C9H20ClN3O4S. The highest BCUT2D eigenvalue weighted by Crippen LogP contribution is 2.03. The lowest BCUT2D eigenvalue weighted by atomic mass is 10.3. The molecule has 108 valence electrons. The van der Waals surface area contributed by atoms with Crippen molar-refractivity contribution in [2.24, 2.45) is 0 Å². The van der Waals surface area contributed by atoms with Crippen LogP contribution >= 0.6 is 12.4 Å². The fraction of sp³-hybridized carbons (Fsp3) is 0.889. The number of methoxy groups -OCH3 is 1. The van der Waals surface area contributed by atoms with Crippen molar-refractivity contribution in [2.45, 2.75) is 18.9 Å². The molecule has 0 aliphatic carbocycles. The zero-order valence-corrected chi connectivity index (χ0v) is 12.1. The first-order chi connectivity index (χ1) is 7.95.